The Morgan fingerprint density at radius 1 is 1.24 bits per heavy atom. The highest BCUT2D eigenvalue weighted by Crippen LogP contribution is 2.24. The molecule has 3 aromatic rings. The van der Waals surface area contributed by atoms with Gasteiger partial charge in [-0.2, -0.15) is 0 Å². The molecule has 1 heterocycles. The van der Waals surface area contributed by atoms with Crippen LogP contribution in [0, 0.1) is 15.6 Å². The highest BCUT2D eigenvalue weighted by Gasteiger charge is 2.11. The first-order valence-corrected chi connectivity index (χ1v) is 9.27. The number of nitrogens with zero attached hydrogens (tertiary/aromatic N) is 2. The number of aromatic nitrogens is 2. The maximum absolute atomic E-state index is 13.5. The quantitative estimate of drug-likeness (QED) is 0.504. The highest BCUT2D eigenvalue weighted by molar-refractivity contribution is 8.01. The summed E-state index contributed by atoms with van der Waals surface area (Å²) in [6.07, 6.45) is 0. The van der Waals surface area contributed by atoms with Crippen LogP contribution in [0.25, 0.3) is 5.69 Å². The van der Waals surface area contributed by atoms with Crippen molar-refractivity contribution < 1.29 is 13.6 Å². The van der Waals surface area contributed by atoms with Gasteiger partial charge in [-0.1, -0.05) is 41.3 Å². The van der Waals surface area contributed by atoms with E-state index in [-0.39, 0.29) is 11.4 Å². The molecule has 128 valence electrons. The summed E-state index contributed by atoms with van der Waals surface area (Å²) in [6, 6.07) is 12.4. The Bertz CT molecular complexity index is 957. The van der Waals surface area contributed by atoms with E-state index in [0.29, 0.717) is 8.29 Å². The Balaban J connectivity index is 1.64. The van der Waals surface area contributed by atoms with Crippen molar-refractivity contribution in [2.45, 2.75) is 4.34 Å². The average molecular weight is 395 g/mol. The first-order chi connectivity index (χ1) is 12.0. The second-order valence-corrected chi connectivity index (χ2v) is 7.69. The SMILES string of the molecule is O=C(CSc1nn(-c2ccccc2)c(=S)s1)Nc1ccc(F)cc1F. The fourth-order valence-corrected chi connectivity index (χ4v) is 4.12. The second-order valence-electron chi connectivity index (χ2n) is 4.84. The standard InChI is InChI=1S/C16H11F2N3OS3/c17-10-6-7-13(12(18)8-10)19-14(22)9-24-15-20-21(16(23)25-15)11-4-2-1-3-5-11/h1-8H,9H2,(H,19,22). The van der Waals surface area contributed by atoms with E-state index in [0.717, 1.165) is 17.8 Å². The summed E-state index contributed by atoms with van der Waals surface area (Å²) >= 11 is 7.78. The Morgan fingerprint density at radius 2 is 2.00 bits per heavy atom. The van der Waals surface area contributed by atoms with Crippen LogP contribution in [-0.2, 0) is 4.79 Å². The van der Waals surface area contributed by atoms with Crippen LogP contribution in [0.15, 0.2) is 52.9 Å². The third kappa shape index (κ3) is 4.50. The van der Waals surface area contributed by atoms with E-state index < -0.39 is 17.5 Å². The molecular weight excluding hydrogens is 384 g/mol. The van der Waals surface area contributed by atoms with Crippen molar-refractivity contribution in [3.63, 3.8) is 0 Å². The molecule has 0 bridgehead atoms. The number of hydrogen-bond donors (Lipinski definition) is 1. The van der Waals surface area contributed by atoms with Crippen molar-refractivity contribution in [3.05, 3.63) is 64.1 Å². The summed E-state index contributed by atoms with van der Waals surface area (Å²) in [7, 11) is 0. The molecule has 1 aromatic heterocycles. The van der Waals surface area contributed by atoms with Gasteiger partial charge in [0.05, 0.1) is 17.1 Å². The van der Waals surface area contributed by atoms with E-state index in [4.69, 9.17) is 12.2 Å². The Labute approximate surface area is 155 Å². The third-order valence-electron chi connectivity index (χ3n) is 3.06. The van der Waals surface area contributed by atoms with Crippen LogP contribution >= 0.6 is 35.3 Å². The molecule has 0 saturated carbocycles. The number of carbonyl (C=O) groups excluding carboxylic acids is 1. The van der Waals surface area contributed by atoms with E-state index in [1.807, 2.05) is 30.3 Å². The van der Waals surface area contributed by atoms with Crippen LogP contribution in [0.3, 0.4) is 0 Å². The molecule has 9 heteroatoms. The minimum Gasteiger partial charge on any atom is -0.323 e. The summed E-state index contributed by atoms with van der Waals surface area (Å²) in [5.41, 5.74) is 0.780. The fraction of sp³-hybridized carbons (Fsp3) is 0.0625. The monoisotopic (exact) mass is 395 g/mol. The maximum Gasteiger partial charge on any atom is 0.234 e. The predicted molar refractivity (Wildman–Crippen MR) is 98.0 cm³/mol. The van der Waals surface area contributed by atoms with Gasteiger partial charge in [-0.3, -0.25) is 4.79 Å². The van der Waals surface area contributed by atoms with Crippen LogP contribution in [0.2, 0.25) is 0 Å². The molecular formula is C16H11F2N3OS3. The van der Waals surface area contributed by atoms with Gasteiger partial charge in [-0.25, -0.2) is 13.5 Å². The summed E-state index contributed by atoms with van der Waals surface area (Å²) in [5.74, 6) is -1.89. The van der Waals surface area contributed by atoms with Crippen LogP contribution in [-0.4, -0.2) is 21.4 Å². The van der Waals surface area contributed by atoms with Crippen LogP contribution in [0.5, 0.6) is 0 Å². The van der Waals surface area contributed by atoms with Gasteiger partial charge in [-0.15, -0.1) is 5.10 Å². The Morgan fingerprint density at radius 3 is 2.72 bits per heavy atom. The van der Waals surface area contributed by atoms with Crippen molar-refractivity contribution in [1.29, 1.82) is 0 Å². The summed E-state index contributed by atoms with van der Waals surface area (Å²) in [4.78, 5) is 11.9. The lowest BCUT2D eigenvalue weighted by Gasteiger charge is -2.05. The number of carbonyl (C=O) groups is 1. The molecule has 0 atom stereocenters. The molecule has 4 nitrogen and oxygen atoms in total. The molecule has 25 heavy (non-hydrogen) atoms. The van der Waals surface area contributed by atoms with Crippen molar-refractivity contribution in [2.75, 3.05) is 11.1 Å². The molecule has 3 rings (SSSR count). The zero-order chi connectivity index (χ0) is 17.8. The molecule has 1 N–H and O–H groups in total. The lowest BCUT2D eigenvalue weighted by atomic mass is 10.3. The Kier molecular flexibility index (Phi) is 5.57. The molecule has 2 aromatic carbocycles. The molecule has 0 unspecified atom stereocenters. The molecule has 1 amide bonds. The molecule has 0 aliphatic heterocycles. The van der Waals surface area contributed by atoms with Gasteiger partial charge in [0, 0.05) is 6.07 Å². The number of halogens is 2. The zero-order valence-electron chi connectivity index (χ0n) is 12.6. The van der Waals surface area contributed by atoms with Gasteiger partial charge in [0.2, 0.25) is 5.91 Å². The molecule has 0 spiro atoms. The lowest BCUT2D eigenvalue weighted by molar-refractivity contribution is -0.113. The van der Waals surface area contributed by atoms with Crippen molar-refractivity contribution in [3.8, 4) is 5.69 Å². The van der Waals surface area contributed by atoms with Gasteiger partial charge >= 0.3 is 0 Å². The molecule has 0 aliphatic rings. The fourth-order valence-electron chi connectivity index (χ4n) is 1.96. The number of nitrogens with one attached hydrogen (secondary N) is 1. The number of benzene rings is 2. The first-order valence-electron chi connectivity index (χ1n) is 7.06. The summed E-state index contributed by atoms with van der Waals surface area (Å²) in [6.45, 7) is 0. The largest absolute Gasteiger partial charge is 0.323 e. The molecule has 0 aliphatic carbocycles. The Hall–Kier alpha value is -2.10. The number of para-hydroxylation sites is 1. The lowest BCUT2D eigenvalue weighted by Crippen LogP contribution is -2.15. The third-order valence-corrected chi connectivity index (χ3v) is 5.43. The topological polar surface area (TPSA) is 46.9 Å². The minimum absolute atomic E-state index is 0.0356. The van der Waals surface area contributed by atoms with E-state index in [2.05, 4.69) is 10.4 Å². The smallest absolute Gasteiger partial charge is 0.234 e. The van der Waals surface area contributed by atoms with Crippen LogP contribution in [0.4, 0.5) is 14.5 Å². The van der Waals surface area contributed by atoms with Gasteiger partial charge in [0.1, 0.15) is 11.6 Å². The molecule has 0 radical (unpaired) electrons. The summed E-state index contributed by atoms with van der Waals surface area (Å²) < 4.78 is 29.2. The number of amides is 1. The van der Waals surface area contributed by atoms with Gasteiger partial charge in [-0.05, 0) is 36.5 Å². The van der Waals surface area contributed by atoms with Crippen molar-refractivity contribution in [2.24, 2.45) is 0 Å². The normalized spacial score (nSPS) is 10.6. The van der Waals surface area contributed by atoms with Gasteiger partial charge in [0.25, 0.3) is 0 Å². The number of hydrogen-bond acceptors (Lipinski definition) is 5. The van der Waals surface area contributed by atoms with Crippen LogP contribution < -0.4 is 5.32 Å². The number of anilines is 1. The predicted octanol–water partition coefficient (Wildman–Crippen LogP) is 4.67. The van der Waals surface area contributed by atoms with E-state index in [9.17, 15) is 13.6 Å². The minimum atomic E-state index is -0.817. The van der Waals surface area contributed by atoms with E-state index in [1.54, 1.807) is 4.68 Å². The van der Waals surface area contributed by atoms with E-state index >= 15 is 0 Å². The van der Waals surface area contributed by atoms with Gasteiger partial charge in [0.15, 0.2) is 8.29 Å². The van der Waals surface area contributed by atoms with Crippen LogP contribution in [0.1, 0.15) is 0 Å². The zero-order valence-corrected chi connectivity index (χ0v) is 15.1. The van der Waals surface area contributed by atoms with Crippen molar-refractivity contribution in [1.82, 2.24) is 9.78 Å². The van der Waals surface area contributed by atoms with E-state index in [1.165, 1.54) is 29.2 Å². The molecule has 0 saturated heterocycles. The van der Waals surface area contributed by atoms with Gasteiger partial charge < -0.3 is 5.32 Å². The number of thioether (sulfide) groups is 1. The maximum atomic E-state index is 13.5. The number of rotatable bonds is 5. The van der Waals surface area contributed by atoms with Crippen molar-refractivity contribution >= 4 is 46.9 Å². The summed E-state index contributed by atoms with van der Waals surface area (Å²) in [5, 5.41) is 6.78. The second kappa shape index (κ2) is 7.85. The molecule has 0 fully saturated rings. The highest BCUT2D eigenvalue weighted by atomic mass is 32.2. The first kappa shape index (κ1) is 17.7. The average Bonchev–Trinajstić information content (AvgIpc) is 2.97.